The van der Waals surface area contributed by atoms with Gasteiger partial charge in [0.1, 0.15) is 11.6 Å². The summed E-state index contributed by atoms with van der Waals surface area (Å²) in [6, 6.07) is 3.49. The van der Waals surface area contributed by atoms with Crippen molar-refractivity contribution in [3.63, 3.8) is 0 Å². The summed E-state index contributed by atoms with van der Waals surface area (Å²) < 4.78 is 26.8. The summed E-state index contributed by atoms with van der Waals surface area (Å²) in [5.41, 5.74) is -0.175. The largest absolute Gasteiger partial charge is 0.296 e. The van der Waals surface area contributed by atoms with Gasteiger partial charge in [0.25, 0.3) is 0 Å². The van der Waals surface area contributed by atoms with E-state index in [9.17, 15) is 18.4 Å². The molecular weight excluding hydrogens is 216 g/mol. The maximum Gasteiger partial charge on any atom is 0.227 e. The number of rotatable bonds is 1. The molecule has 1 aliphatic rings. The van der Waals surface area contributed by atoms with Crippen molar-refractivity contribution in [1.82, 2.24) is 5.32 Å². The highest BCUT2D eigenvalue weighted by Gasteiger charge is 2.29. The molecule has 2 amide bonds. The Balaban J connectivity index is 2.36. The molecule has 84 valence electrons. The van der Waals surface area contributed by atoms with Crippen LogP contribution in [0.3, 0.4) is 0 Å². The van der Waals surface area contributed by atoms with Gasteiger partial charge >= 0.3 is 0 Å². The average molecular weight is 225 g/mol. The van der Waals surface area contributed by atoms with E-state index in [1.165, 1.54) is 6.07 Å². The number of piperidine rings is 1. The number of imide groups is 1. The second-order valence-electron chi connectivity index (χ2n) is 3.71. The van der Waals surface area contributed by atoms with Crippen molar-refractivity contribution < 1.29 is 18.4 Å². The first-order valence-corrected chi connectivity index (χ1v) is 4.84. The van der Waals surface area contributed by atoms with Crippen LogP contribution >= 0.6 is 0 Å². The SMILES string of the molecule is O=C1CC(c2c(F)cccc2F)CC(=O)N1. The number of carbonyl (C=O) groups excluding carboxylic acids is 2. The maximum atomic E-state index is 13.4. The first kappa shape index (κ1) is 10.7. The molecule has 2 rings (SSSR count). The molecule has 1 aromatic carbocycles. The van der Waals surface area contributed by atoms with Crippen molar-refractivity contribution in [3.05, 3.63) is 35.4 Å². The quantitative estimate of drug-likeness (QED) is 0.736. The van der Waals surface area contributed by atoms with E-state index in [0.29, 0.717) is 0 Å². The third-order valence-electron chi connectivity index (χ3n) is 2.55. The minimum Gasteiger partial charge on any atom is -0.296 e. The summed E-state index contributed by atoms with van der Waals surface area (Å²) in [6.45, 7) is 0. The zero-order valence-electron chi connectivity index (χ0n) is 8.30. The van der Waals surface area contributed by atoms with E-state index in [1.807, 2.05) is 0 Å². The van der Waals surface area contributed by atoms with E-state index in [-0.39, 0.29) is 18.4 Å². The van der Waals surface area contributed by atoms with E-state index in [2.05, 4.69) is 5.32 Å². The van der Waals surface area contributed by atoms with Gasteiger partial charge < -0.3 is 0 Å². The molecule has 0 aliphatic carbocycles. The Hall–Kier alpha value is -1.78. The summed E-state index contributed by atoms with van der Waals surface area (Å²) in [4.78, 5) is 22.2. The molecule has 1 saturated heterocycles. The van der Waals surface area contributed by atoms with Crippen LogP contribution in [0.25, 0.3) is 0 Å². The Bertz CT molecular complexity index is 423. The molecule has 0 spiro atoms. The Morgan fingerprint density at radius 1 is 1.06 bits per heavy atom. The lowest BCUT2D eigenvalue weighted by Gasteiger charge is -2.21. The number of hydrogen-bond acceptors (Lipinski definition) is 2. The summed E-state index contributed by atoms with van der Waals surface area (Å²) in [5, 5.41) is 2.10. The van der Waals surface area contributed by atoms with Crippen molar-refractivity contribution in [2.24, 2.45) is 0 Å². The molecule has 0 saturated carbocycles. The first-order chi connectivity index (χ1) is 7.58. The predicted octanol–water partition coefficient (Wildman–Crippen LogP) is 1.49. The number of nitrogens with one attached hydrogen (secondary N) is 1. The van der Waals surface area contributed by atoms with Gasteiger partial charge in [-0.15, -0.1) is 0 Å². The number of hydrogen-bond donors (Lipinski definition) is 1. The number of amides is 2. The second-order valence-corrected chi connectivity index (χ2v) is 3.71. The lowest BCUT2D eigenvalue weighted by atomic mass is 9.89. The van der Waals surface area contributed by atoms with Crippen LogP contribution in [0.4, 0.5) is 8.78 Å². The molecule has 1 heterocycles. The molecule has 5 heteroatoms. The van der Waals surface area contributed by atoms with E-state index < -0.39 is 29.4 Å². The fraction of sp³-hybridized carbons (Fsp3) is 0.273. The van der Waals surface area contributed by atoms with Crippen LogP contribution in [-0.4, -0.2) is 11.8 Å². The van der Waals surface area contributed by atoms with Crippen LogP contribution in [0.1, 0.15) is 24.3 Å². The Morgan fingerprint density at radius 2 is 1.56 bits per heavy atom. The van der Waals surface area contributed by atoms with Gasteiger partial charge in [0.2, 0.25) is 11.8 Å². The zero-order chi connectivity index (χ0) is 11.7. The smallest absolute Gasteiger partial charge is 0.227 e. The van der Waals surface area contributed by atoms with Crippen molar-refractivity contribution in [3.8, 4) is 0 Å². The summed E-state index contributed by atoms with van der Waals surface area (Å²) in [6.07, 6.45) is -0.132. The van der Waals surface area contributed by atoms with Crippen LogP contribution in [0.15, 0.2) is 18.2 Å². The number of benzene rings is 1. The minimum atomic E-state index is -0.715. The highest BCUT2D eigenvalue weighted by molar-refractivity contribution is 5.98. The van der Waals surface area contributed by atoms with Gasteiger partial charge in [-0.1, -0.05) is 6.07 Å². The maximum absolute atomic E-state index is 13.4. The molecule has 1 aliphatic heterocycles. The highest BCUT2D eigenvalue weighted by Crippen LogP contribution is 2.30. The second kappa shape index (κ2) is 4.00. The van der Waals surface area contributed by atoms with E-state index in [4.69, 9.17) is 0 Å². The Morgan fingerprint density at radius 3 is 2.06 bits per heavy atom. The van der Waals surface area contributed by atoms with Crippen LogP contribution in [0.2, 0.25) is 0 Å². The molecule has 0 aromatic heterocycles. The minimum absolute atomic E-state index is 0.0659. The lowest BCUT2D eigenvalue weighted by molar-refractivity contribution is -0.133. The Kier molecular flexibility index (Phi) is 2.68. The molecule has 1 fully saturated rings. The first-order valence-electron chi connectivity index (χ1n) is 4.84. The Labute approximate surface area is 90.5 Å². The molecule has 0 atom stereocenters. The van der Waals surface area contributed by atoms with Crippen molar-refractivity contribution >= 4 is 11.8 Å². The number of carbonyl (C=O) groups is 2. The molecule has 1 aromatic rings. The fourth-order valence-corrected chi connectivity index (χ4v) is 1.88. The van der Waals surface area contributed by atoms with Crippen LogP contribution in [0.5, 0.6) is 0 Å². The average Bonchev–Trinajstić information content (AvgIpc) is 2.15. The van der Waals surface area contributed by atoms with Gasteiger partial charge in [0.05, 0.1) is 0 Å². The third-order valence-corrected chi connectivity index (χ3v) is 2.55. The standard InChI is InChI=1S/C11H9F2NO2/c12-7-2-1-3-8(13)11(7)6-4-9(15)14-10(16)5-6/h1-3,6H,4-5H2,(H,14,15,16). The van der Waals surface area contributed by atoms with E-state index >= 15 is 0 Å². The van der Waals surface area contributed by atoms with Crippen molar-refractivity contribution in [1.29, 1.82) is 0 Å². The molecule has 0 radical (unpaired) electrons. The predicted molar refractivity (Wildman–Crippen MR) is 51.5 cm³/mol. The molecule has 3 nitrogen and oxygen atoms in total. The van der Waals surface area contributed by atoms with Crippen LogP contribution in [0, 0.1) is 11.6 Å². The molecule has 0 unspecified atom stereocenters. The molecule has 16 heavy (non-hydrogen) atoms. The summed E-state index contributed by atoms with van der Waals surface area (Å²) in [7, 11) is 0. The highest BCUT2D eigenvalue weighted by atomic mass is 19.1. The van der Waals surface area contributed by atoms with Crippen LogP contribution < -0.4 is 5.32 Å². The van der Waals surface area contributed by atoms with Gasteiger partial charge in [0, 0.05) is 24.3 Å². The van der Waals surface area contributed by atoms with Gasteiger partial charge in [-0.05, 0) is 12.1 Å². The molecule has 1 N–H and O–H groups in total. The molecular formula is C11H9F2NO2. The normalized spacial score (nSPS) is 17.4. The zero-order valence-corrected chi connectivity index (χ0v) is 8.30. The monoisotopic (exact) mass is 225 g/mol. The van der Waals surface area contributed by atoms with Gasteiger partial charge in [0.15, 0.2) is 0 Å². The third kappa shape index (κ3) is 1.93. The fourth-order valence-electron chi connectivity index (χ4n) is 1.88. The van der Waals surface area contributed by atoms with Gasteiger partial charge in [-0.3, -0.25) is 14.9 Å². The summed E-state index contributed by atoms with van der Waals surface area (Å²) in [5.74, 6) is -3.13. The van der Waals surface area contributed by atoms with E-state index in [1.54, 1.807) is 0 Å². The van der Waals surface area contributed by atoms with Gasteiger partial charge in [-0.25, -0.2) is 8.78 Å². The topological polar surface area (TPSA) is 46.2 Å². The number of halogens is 2. The van der Waals surface area contributed by atoms with Crippen molar-refractivity contribution in [2.75, 3.05) is 0 Å². The molecule has 0 bridgehead atoms. The van der Waals surface area contributed by atoms with Gasteiger partial charge in [-0.2, -0.15) is 0 Å². The van der Waals surface area contributed by atoms with Crippen molar-refractivity contribution in [2.45, 2.75) is 18.8 Å². The van der Waals surface area contributed by atoms with E-state index in [0.717, 1.165) is 12.1 Å². The van der Waals surface area contributed by atoms with Crippen LogP contribution in [-0.2, 0) is 9.59 Å². The summed E-state index contributed by atoms with van der Waals surface area (Å²) >= 11 is 0. The lowest BCUT2D eigenvalue weighted by Crippen LogP contribution is -2.38.